The molecule has 0 unspecified atom stereocenters. The Balaban J connectivity index is 1.49. The Bertz CT molecular complexity index is 1150. The molecular formula is C24H24ClF2N5. The summed E-state index contributed by atoms with van der Waals surface area (Å²) in [6.07, 6.45) is 6.13. The zero-order valence-electron chi connectivity index (χ0n) is 17.8. The van der Waals surface area contributed by atoms with Crippen LogP contribution >= 0.6 is 11.6 Å². The van der Waals surface area contributed by atoms with E-state index < -0.39 is 11.6 Å². The van der Waals surface area contributed by atoms with E-state index in [-0.39, 0.29) is 17.1 Å². The van der Waals surface area contributed by atoms with E-state index in [4.69, 9.17) is 11.6 Å². The molecule has 1 aromatic carbocycles. The first kappa shape index (κ1) is 20.9. The third-order valence-electron chi connectivity index (χ3n) is 6.27. The number of rotatable bonds is 4. The van der Waals surface area contributed by atoms with Crippen LogP contribution in [0.3, 0.4) is 0 Å². The lowest BCUT2D eigenvalue weighted by Crippen LogP contribution is -2.35. The molecule has 2 aromatic heterocycles. The Hall–Kier alpha value is -2.93. The maximum Gasteiger partial charge on any atom is 0.149 e. The molecule has 0 aliphatic carbocycles. The van der Waals surface area contributed by atoms with Crippen LogP contribution in [-0.2, 0) is 6.54 Å². The topological polar surface area (TPSA) is 44.3 Å². The minimum Gasteiger partial charge on any atom is -0.367 e. The number of hydrogen-bond acceptors (Lipinski definition) is 5. The number of halogens is 3. The SMILES string of the molecule is Cc1c(-c2ccc(N3CCCC3)nc2)cnc2c1N(Cc1c(F)ccc(F)c1Cl)CCN2. The molecule has 32 heavy (non-hydrogen) atoms. The number of nitrogens with one attached hydrogen (secondary N) is 1. The molecule has 3 aromatic rings. The summed E-state index contributed by atoms with van der Waals surface area (Å²) in [5, 5.41) is 3.14. The molecule has 0 saturated carbocycles. The van der Waals surface area contributed by atoms with Crippen LogP contribution in [0.1, 0.15) is 24.0 Å². The van der Waals surface area contributed by atoms with Crippen LogP contribution in [0.2, 0.25) is 5.02 Å². The molecule has 1 saturated heterocycles. The average Bonchev–Trinajstić information content (AvgIpc) is 3.35. The number of fused-ring (bicyclic) bond motifs is 1. The highest BCUT2D eigenvalue weighted by Gasteiger charge is 2.25. The first-order chi connectivity index (χ1) is 15.5. The van der Waals surface area contributed by atoms with Crippen LogP contribution in [-0.4, -0.2) is 36.1 Å². The fraction of sp³-hybridized carbons (Fsp3) is 0.333. The van der Waals surface area contributed by atoms with Crippen LogP contribution in [0.4, 0.5) is 26.1 Å². The van der Waals surface area contributed by atoms with Crippen molar-refractivity contribution in [1.82, 2.24) is 9.97 Å². The van der Waals surface area contributed by atoms with Crippen molar-refractivity contribution < 1.29 is 8.78 Å². The Morgan fingerprint density at radius 3 is 2.53 bits per heavy atom. The van der Waals surface area contributed by atoms with Gasteiger partial charge in [0.1, 0.15) is 23.3 Å². The van der Waals surface area contributed by atoms with Gasteiger partial charge in [-0.2, -0.15) is 0 Å². The number of nitrogens with zero attached hydrogens (tertiary/aromatic N) is 4. The molecule has 8 heteroatoms. The third kappa shape index (κ3) is 3.75. The lowest BCUT2D eigenvalue weighted by molar-refractivity contribution is 0.581. The van der Waals surface area contributed by atoms with E-state index in [2.05, 4.69) is 32.3 Å². The fourth-order valence-corrected chi connectivity index (χ4v) is 4.78. The summed E-state index contributed by atoms with van der Waals surface area (Å²) in [6.45, 7) is 5.55. The molecule has 0 bridgehead atoms. The summed E-state index contributed by atoms with van der Waals surface area (Å²) in [5.41, 5.74) is 3.97. The zero-order valence-corrected chi connectivity index (χ0v) is 18.6. The highest BCUT2D eigenvalue weighted by atomic mass is 35.5. The van der Waals surface area contributed by atoms with E-state index in [0.717, 1.165) is 59.2 Å². The summed E-state index contributed by atoms with van der Waals surface area (Å²) < 4.78 is 28.4. The molecule has 5 nitrogen and oxygen atoms in total. The van der Waals surface area contributed by atoms with Crippen molar-refractivity contribution in [3.05, 3.63) is 64.4 Å². The second kappa shape index (κ2) is 8.54. The van der Waals surface area contributed by atoms with Crippen molar-refractivity contribution >= 4 is 28.9 Å². The molecule has 1 fully saturated rings. The van der Waals surface area contributed by atoms with Crippen LogP contribution < -0.4 is 15.1 Å². The molecule has 0 amide bonds. The standard InChI is InChI=1S/C24H24ClF2N5/c1-15-17(16-4-7-21(29-12-16)31-9-2-3-10-31)13-30-24-23(15)32(11-8-28-24)14-18-19(26)5-6-20(27)22(18)25/h4-7,12-13H,2-3,8-11,14H2,1H3,(H,28,30). The van der Waals surface area contributed by atoms with E-state index >= 15 is 0 Å². The summed E-state index contributed by atoms with van der Waals surface area (Å²) in [7, 11) is 0. The Morgan fingerprint density at radius 2 is 1.78 bits per heavy atom. The number of hydrogen-bond donors (Lipinski definition) is 1. The summed E-state index contributed by atoms with van der Waals surface area (Å²) in [5.74, 6) is 0.590. The van der Waals surface area contributed by atoms with Crippen LogP contribution in [0.5, 0.6) is 0 Å². The molecule has 0 atom stereocenters. The fourth-order valence-electron chi connectivity index (χ4n) is 4.56. The number of pyridine rings is 2. The number of anilines is 3. The van der Waals surface area contributed by atoms with Gasteiger partial charge in [-0.3, -0.25) is 0 Å². The Kier molecular flexibility index (Phi) is 5.59. The predicted octanol–water partition coefficient (Wildman–Crippen LogP) is 5.42. The highest BCUT2D eigenvalue weighted by molar-refractivity contribution is 6.31. The maximum atomic E-state index is 14.5. The smallest absolute Gasteiger partial charge is 0.149 e. The summed E-state index contributed by atoms with van der Waals surface area (Å²) in [6, 6.07) is 6.30. The zero-order chi connectivity index (χ0) is 22.2. The lowest BCUT2D eigenvalue weighted by Gasteiger charge is -2.33. The van der Waals surface area contributed by atoms with Crippen molar-refractivity contribution in [1.29, 1.82) is 0 Å². The highest BCUT2D eigenvalue weighted by Crippen LogP contribution is 2.38. The minimum atomic E-state index is -0.619. The van der Waals surface area contributed by atoms with Gasteiger partial charge < -0.3 is 15.1 Å². The first-order valence-corrected chi connectivity index (χ1v) is 11.2. The molecule has 0 radical (unpaired) electrons. The summed E-state index contributed by atoms with van der Waals surface area (Å²) >= 11 is 6.10. The molecule has 4 heterocycles. The number of aromatic nitrogens is 2. The van der Waals surface area contributed by atoms with Crippen molar-refractivity contribution in [2.24, 2.45) is 0 Å². The van der Waals surface area contributed by atoms with Crippen LogP contribution in [0, 0.1) is 18.6 Å². The van der Waals surface area contributed by atoms with Gasteiger partial charge in [0.2, 0.25) is 0 Å². The first-order valence-electron chi connectivity index (χ1n) is 10.8. The third-order valence-corrected chi connectivity index (χ3v) is 6.68. The van der Waals surface area contributed by atoms with Gasteiger partial charge in [-0.1, -0.05) is 11.6 Å². The molecule has 1 N–H and O–H groups in total. The van der Waals surface area contributed by atoms with Crippen molar-refractivity contribution in [2.75, 3.05) is 41.3 Å². The van der Waals surface area contributed by atoms with Gasteiger partial charge in [-0.25, -0.2) is 18.7 Å². The van der Waals surface area contributed by atoms with Crippen molar-refractivity contribution in [2.45, 2.75) is 26.3 Å². The Morgan fingerprint density at radius 1 is 1.00 bits per heavy atom. The Labute approximate surface area is 191 Å². The van der Waals surface area contributed by atoms with E-state index in [9.17, 15) is 8.78 Å². The number of benzene rings is 1. The van der Waals surface area contributed by atoms with Gasteiger partial charge in [0.15, 0.2) is 0 Å². The molecule has 5 rings (SSSR count). The predicted molar refractivity (Wildman–Crippen MR) is 125 cm³/mol. The average molecular weight is 456 g/mol. The molecule has 0 spiro atoms. The van der Waals surface area contributed by atoms with E-state index in [1.807, 2.05) is 24.2 Å². The second-order valence-corrected chi connectivity index (χ2v) is 8.64. The van der Waals surface area contributed by atoms with Crippen molar-refractivity contribution in [3.63, 3.8) is 0 Å². The molecule has 2 aliphatic rings. The lowest BCUT2D eigenvalue weighted by atomic mass is 10.0. The van der Waals surface area contributed by atoms with Crippen molar-refractivity contribution in [3.8, 4) is 11.1 Å². The maximum absolute atomic E-state index is 14.5. The van der Waals surface area contributed by atoms with Gasteiger partial charge in [-0.15, -0.1) is 0 Å². The quantitative estimate of drug-likeness (QED) is 0.532. The largest absolute Gasteiger partial charge is 0.367 e. The van der Waals surface area contributed by atoms with Gasteiger partial charge in [0, 0.05) is 61.8 Å². The van der Waals surface area contributed by atoms with E-state index in [1.165, 1.54) is 12.8 Å². The normalized spacial score (nSPS) is 15.6. The summed E-state index contributed by atoms with van der Waals surface area (Å²) in [4.78, 5) is 13.6. The second-order valence-electron chi connectivity index (χ2n) is 8.26. The van der Waals surface area contributed by atoms with Gasteiger partial charge in [0.05, 0.1) is 10.7 Å². The van der Waals surface area contributed by atoms with Gasteiger partial charge in [-0.05, 0) is 49.6 Å². The van der Waals surface area contributed by atoms with Gasteiger partial charge in [0.25, 0.3) is 0 Å². The van der Waals surface area contributed by atoms with E-state index in [0.29, 0.717) is 13.1 Å². The molecule has 2 aliphatic heterocycles. The molecular weight excluding hydrogens is 432 g/mol. The minimum absolute atomic E-state index is 0.154. The van der Waals surface area contributed by atoms with E-state index in [1.54, 1.807) is 0 Å². The monoisotopic (exact) mass is 455 g/mol. The van der Waals surface area contributed by atoms with Gasteiger partial charge >= 0.3 is 0 Å². The van der Waals surface area contributed by atoms with Crippen LogP contribution in [0.25, 0.3) is 11.1 Å². The molecule has 166 valence electrons. The van der Waals surface area contributed by atoms with Crippen LogP contribution in [0.15, 0.2) is 36.7 Å².